The third-order valence-electron chi connectivity index (χ3n) is 3.94. The zero-order valence-corrected chi connectivity index (χ0v) is 12.4. The highest BCUT2D eigenvalue weighted by atomic mass is 32.2. The van der Waals surface area contributed by atoms with Gasteiger partial charge in [-0.2, -0.15) is 5.10 Å². The number of sulfonamides is 1. The van der Waals surface area contributed by atoms with Crippen molar-refractivity contribution in [3.05, 3.63) is 6.20 Å². The number of hydrogen-bond acceptors (Lipinski definition) is 5. The van der Waals surface area contributed by atoms with Gasteiger partial charge in [-0.15, -0.1) is 0 Å². The largest absolute Gasteiger partial charge is 0.381 e. The second kappa shape index (κ2) is 4.77. The SMILES string of the molecule is CN(C)C1(CNS(=O)(=O)c2cn(C)nc2N)CCC1. The fourth-order valence-electron chi connectivity index (χ4n) is 2.37. The van der Waals surface area contributed by atoms with Gasteiger partial charge < -0.3 is 10.6 Å². The highest BCUT2D eigenvalue weighted by Gasteiger charge is 2.40. The van der Waals surface area contributed by atoms with E-state index in [4.69, 9.17) is 5.73 Å². The van der Waals surface area contributed by atoms with Crippen molar-refractivity contribution in [1.82, 2.24) is 19.4 Å². The first-order valence-electron chi connectivity index (χ1n) is 6.23. The molecule has 0 aromatic carbocycles. The summed E-state index contributed by atoms with van der Waals surface area (Å²) in [5.74, 6) is 0.0301. The van der Waals surface area contributed by atoms with E-state index in [0.717, 1.165) is 19.3 Å². The molecule has 1 aliphatic carbocycles. The van der Waals surface area contributed by atoms with Gasteiger partial charge in [0.25, 0.3) is 0 Å². The molecule has 0 amide bonds. The van der Waals surface area contributed by atoms with Crippen molar-refractivity contribution in [3.8, 4) is 0 Å². The number of aromatic nitrogens is 2. The third kappa shape index (κ3) is 2.60. The zero-order valence-electron chi connectivity index (χ0n) is 11.5. The summed E-state index contributed by atoms with van der Waals surface area (Å²) in [5, 5.41) is 3.86. The predicted octanol–water partition coefficient (Wildman–Crippen LogP) is -0.235. The Morgan fingerprint density at radius 1 is 1.53 bits per heavy atom. The molecule has 7 nitrogen and oxygen atoms in total. The number of nitrogens with zero attached hydrogens (tertiary/aromatic N) is 3. The first-order chi connectivity index (χ1) is 8.77. The van der Waals surface area contributed by atoms with Crippen molar-refractivity contribution in [1.29, 1.82) is 0 Å². The normalized spacial score (nSPS) is 18.5. The molecule has 0 saturated heterocycles. The minimum atomic E-state index is -3.60. The molecule has 1 aromatic rings. The minimum Gasteiger partial charge on any atom is -0.381 e. The quantitative estimate of drug-likeness (QED) is 0.780. The summed E-state index contributed by atoms with van der Waals surface area (Å²) in [4.78, 5) is 2.13. The van der Waals surface area contributed by atoms with Crippen molar-refractivity contribution < 1.29 is 8.42 Å². The number of likely N-dealkylation sites (N-methyl/N-ethyl adjacent to an activating group) is 1. The molecule has 1 fully saturated rings. The molecule has 1 aliphatic rings. The summed E-state index contributed by atoms with van der Waals surface area (Å²) >= 11 is 0. The van der Waals surface area contributed by atoms with Crippen molar-refractivity contribution in [2.75, 3.05) is 26.4 Å². The van der Waals surface area contributed by atoms with Gasteiger partial charge in [-0.05, 0) is 33.4 Å². The first kappa shape index (κ1) is 14.3. The van der Waals surface area contributed by atoms with Crippen LogP contribution >= 0.6 is 0 Å². The van der Waals surface area contributed by atoms with E-state index in [-0.39, 0.29) is 16.3 Å². The van der Waals surface area contributed by atoms with Gasteiger partial charge in [-0.3, -0.25) is 4.68 Å². The lowest BCUT2D eigenvalue weighted by molar-refractivity contribution is 0.0657. The van der Waals surface area contributed by atoms with Crippen LogP contribution in [0.1, 0.15) is 19.3 Å². The van der Waals surface area contributed by atoms with Crippen molar-refractivity contribution in [2.24, 2.45) is 7.05 Å². The number of nitrogens with one attached hydrogen (secondary N) is 1. The molecule has 3 N–H and O–H groups in total. The van der Waals surface area contributed by atoms with E-state index in [1.54, 1.807) is 7.05 Å². The average Bonchev–Trinajstić information content (AvgIpc) is 2.56. The molecule has 19 heavy (non-hydrogen) atoms. The van der Waals surface area contributed by atoms with Crippen LogP contribution in [0.25, 0.3) is 0 Å². The standard InChI is InChI=1S/C11H21N5O2S/c1-15(2)11(5-4-6-11)8-13-19(17,18)9-7-16(3)14-10(9)12/h7,13H,4-6,8H2,1-3H3,(H2,12,14). The van der Waals surface area contributed by atoms with E-state index < -0.39 is 10.0 Å². The Balaban J connectivity index is 2.12. The maximum atomic E-state index is 12.2. The molecule has 0 bridgehead atoms. The van der Waals surface area contributed by atoms with Gasteiger partial charge in [-0.25, -0.2) is 13.1 Å². The van der Waals surface area contributed by atoms with Crippen molar-refractivity contribution >= 4 is 15.8 Å². The molecule has 0 radical (unpaired) electrons. The maximum Gasteiger partial charge on any atom is 0.245 e. The van der Waals surface area contributed by atoms with Crippen LogP contribution < -0.4 is 10.5 Å². The van der Waals surface area contributed by atoms with E-state index in [0.29, 0.717) is 6.54 Å². The number of rotatable bonds is 5. The lowest BCUT2D eigenvalue weighted by atomic mass is 9.76. The van der Waals surface area contributed by atoms with Gasteiger partial charge in [0.15, 0.2) is 5.82 Å². The summed E-state index contributed by atoms with van der Waals surface area (Å²) < 4.78 is 28.5. The third-order valence-corrected chi connectivity index (χ3v) is 5.35. The summed E-state index contributed by atoms with van der Waals surface area (Å²) in [6, 6.07) is 0. The summed E-state index contributed by atoms with van der Waals surface area (Å²) in [7, 11) is 2.00. The van der Waals surface area contributed by atoms with E-state index in [9.17, 15) is 8.42 Å². The molecular formula is C11H21N5O2S. The van der Waals surface area contributed by atoms with Crippen LogP contribution in [0.3, 0.4) is 0 Å². The van der Waals surface area contributed by atoms with E-state index in [2.05, 4.69) is 14.7 Å². The second-order valence-electron chi connectivity index (χ2n) is 5.35. The monoisotopic (exact) mass is 287 g/mol. The molecule has 0 spiro atoms. The van der Waals surface area contributed by atoms with Crippen molar-refractivity contribution in [3.63, 3.8) is 0 Å². The average molecular weight is 287 g/mol. The summed E-state index contributed by atoms with van der Waals surface area (Å²) in [6.07, 6.45) is 4.56. The number of aryl methyl sites for hydroxylation is 1. The fourth-order valence-corrected chi connectivity index (χ4v) is 3.59. The van der Waals surface area contributed by atoms with Gasteiger partial charge in [0.05, 0.1) is 0 Å². The molecule has 0 aliphatic heterocycles. The summed E-state index contributed by atoms with van der Waals surface area (Å²) in [5.41, 5.74) is 5.55. The molecule has 1 heterocycles. The molecule has 0 atom stereocenters. The van der Waals surface area contributed by atoms with Gasteiger partial charge in [0, 0.05) is 25.3 Å². The van der Waals surface area contributed by atoms with Crippen LogP contribution in [-0.2, 0) is 17.1 Å². The smallest absolute Gasteiger partial charge is 0.245 e. The second-order valence-corrected chi connectivity index (χ2v) is 7.08. The topological polar surface area (TPSA) is 93.2 Å². The molecule has 0 unspecified atom stereocenters. The van der Waals surface area contributed by atoms with E-state index >= 15 is 0 Å². The molecular weight excluding hydrogens is 266 g/mol. The van der Waals surface area contributed by atoms with Gasteiger partial charge >= 0.3 is 0 Å². The van der Waals surface area contributed by atoms with Crippen LogP contribution in [0.15, 0.2) is 11.1 Å². The number of hydrogen-bond donors (Lipinski definition) is 2. The van der Waals surface area contributed by atoms with Gasteiger partial charge in [0.1, 0.15) is 4.90 Å². The zero-order chi connectivity index (χ0) is 14.3. The Morgan fingerprint density at radius 2 is 2.16 bits per heavy atom. The van der Waals surface area contributed by atoms with Crippen LogP contribution in [0.2, 0.25) is 0 Å². The number of nitrogen functional groups attached to an aromatic ring is 1. The Morgan fingerprint density at radius 3 is 2.53 bits per heavy atom. The molecule has 2 rings (SSSR count). The van der Waals surface area contributed by atoms with Crippen LogP contribution in [0.5, 0.6) is 0 Å². The molecule has 1 aromatic heterocycles. The minimum absolute atomic E-state index is 0.0301. The predicted molar refractivity (Wildman–Crippen MR) is 73.1 cm³/mol. The molecule has 1 saturated carbocycles. The number of anilines is 1. The van der Waals surface area contributed by atoms with Gasteiger partial charge in [0.2, 0.25) is 10.0 Å². The summed E-state index contributed by atoms with van der Waals surface area (Å²) in [6.45, 7) is 0.399. The van der Waals surface area contributed by atoms with Crippen LogP contribution in [-0.4, -0.2) is 49.3 Å². The van der Waals surface area contributed by atoms with E-state index in [1.807, 2.05) is 14.1 Å². The van der Waals surface area contributed by atoms with Crippen LogP contribution in [0.4, 0.5) is 5.82 Å². The lowest BCUT2D eigenvalue weighted by Gasteiger charge is -2.47. The highest BCUT2D eigenvalue weighted by Crippen LogP contribution is 2.35. The Kier molecular flexibility index (Phi) is 3.59. The lowest BCUT2D eigenvalue weighted by Crippen LogP contribution is -2.57. The first-order valence-corrected chi connectivity index (χ1v) is 7.71. The Labute approximate surface area is 113 Å². The highest BCUT2D eigenvalue weighted by molar-refractivity contribution is 7.89. The number of nitrogens with two attached hydrogens (primary N) is 1. The Bertz CT molecular complexity index is 560. The fraction of sp³-hybridized carbons (Fsp3) is 0.727. The van der Waals surface area contributed by atoms with Gasteiger partial charge in [-0.1, -0.05) is 0 Å². The van der Waals surface area contributed by atoms with E-state index in [1.165, 1.54) is 10.9 Å². The maximum absolute atomic E-state index is 12.2. The molecule has 8 heteroatoms. The Hall–Kier alpha value is -1.12. The van der Waals surface area contributed by atoms with Crippen molar-refractivity contribution in [2.45, 2.75) is 29.7 Å². The van der Waals surface area contributed by atoms with Crippen LogP contribution in [0, 0.1) is 0 Å². The molecule has 108 valence electrons.